The Morgan fingerprint density at radius 2 is 2.12 bits per heavy atom. The van der Waals surface area contributed by atoms with Gasteiger partial charge in [0.2, 0.25) is 0 Å². The van der Waals surface area contributed by atoms with E-state index in [0.29, 0.717) is 19.1 Å². The maximum Gasteiger partial charge on any atom is 0.410 e. The molecule has 1 saturated carbocycles. The molecule has 5 nitrogen and oxygen atoms in total. The van der Waals surface area contributed by atoms with E-state index in [9.17, 15) is 4.79 Å². The van der Waals surface area contributed by atoms with Crippen molar-refractivity contribution in [2.45, 2.75) is 39.2 Å². The molecule has 1 unspecified atom stereocenters. The number of amides is 1. The fraction of sp³-hybridized carbons (Fsp3) is 0.917. The molecule has 1 spiro atoms. The van der Waals surface area contributed by atoms with Crippen LogP contribution in [0.1, 0.15) is 33.6 Å². The number of rotatable bonds is 2. The first-order valence-corrected chi connectivity index (χ1v) is 6.16. The molecule has 1 heterocycles. The van der Waals surface area contributed by atoms with E-state index in [1.54, 1.807) is 4.90 Å². The van der Waals surface area contributed by atoms with E-state index in [0.717, 1.165) is 6.54 Å². The van der Waals surface area contributed by atoms with Crippen molar-refractivity contribution in [2.24, 2.45) is 17.2 Å². The number of hydrogen-bond donors (Lipinski definition) is 1. The molecule has 1 saturated heterocycles. The first-order chi connectivity index (χ1) is 7.86. The quantitative estimate of drug-likeness (QED) is 0.746. The monoisotopic (exact) mass is 242 g/mol. The van der Waals surface area contributed by atoms with Gasteiger partial charge in [-0.1, -0.05) is 0 Å². The van der Waals surface area contributed by atoms with Crippen molar-refractivity contribution >= 4 is 6.09 Å². The summed E-state index contributed by atoms with van der Waals surface area (Å²) < 4.78 is 5.38. The molecule has 2 N–H and O–H groups in total. The van der Waals surface area contributed by atoms with Gasteiger partial charge in [-0.05, 0) is 39.0 Å². The molecule has 1 atom stereocenters. The summed E-state index contributed by atoms with van der Waals surface area (Å²) in [5, 5.41) is 0. The van der Waals surface area contributed by atoms with Crippen molar-refractivity contribution in [1.82, 2.24) is 4.90 Å². The van der Waals surface area contributed by atoms with Gasteiger partial charge in [-0.3, -0.25) is 0 Å². The molecule has 1 aliphatic carbocycles. The molecule has 2 aliphatic rings. The summed E-state index contributed by atoms with van der Waals surface area (Å²) in [4.78, 5) is 18.5. The highest BCUT2D eigenvalue weighted by Gasteiger charge is 2.56. The lowest BCUT2D eigenvalue weighted by Crippen LogP contribution is -2.35. The zero-order chi connectivity index (χ0) is 12.7. The number of carbonyl (C=O) groups excluding carboxylic acids is 1. The van der Waals surface area contributed by atoms with Crippen LogP contribution in [0.5, 0.6) is 0 Å². The Morgan fingerprint density at radius 3 is 2.59 bits per heavy atom. The highest BCUT2D eigenvalue weighted by atomic mass is 16.6. The van der Waals surface area contributed by atoms with Crippen molar-refractivity contribution in [2.75, 3.05) is 19.7 Å². The van der Waals surface area contributed by atoms with Crippen molar-refractivity contribution in [3.05, 3.63) is 0 Å². The van der Waals surface area contributed by atoms with Crippen LogP contribution in [0.25, 0.3) is 0 Å². The highest BCUT2D eigenvalue weighted by molar-refractivity contribution is 5.68. The molecule has 5 heteroatoms. The van der Waals surface area contributed by atoms with Gasteiger partial charge in [0.25, 0.3) is 0 Å². The number of nitrogens with zero attached hydrogens (tertiary/aromatic N) is 1. The second-order valence-electron chi connectivity index (χ2n) is 6.25. The lowest BCUT2D eigenvalue weighted by atomic mass is 9.94. The molecule has 0 aromatic heterocycles. The van der Waals surface area contributed by atoms with Gasteiger partial charge in [0, 0.05) is 19.0 Å². The molecule has 98 valence electrons. The Balaban J connectivity index is 1.94. The third kappa shape index (κ3) is 2.72. The van der Waals surface area contributed by atoms with Crippen LogP contribution in [0.4, 0.5) is 4.79 Å². The Kier molecular flexibility index (Phi) is 3.08. The van der Waals surface area contributed by atoms with Gasteiger partial charge in [0.15, 0.2) is 0 Å². The number of carbonyl (C=O) groups is 1. The molecule has 2 rings (SSSR count). The fourth-order valence-corrected chi connectivity index (χ4v) is 2.57. The molecule has 1 aliphatic heterocycles. The topological polar surface area (TPSA) is 64.8 Å². The smallest absolute Gasteiger partial charge is 0.410 e. The van der Waals surface area contributed by atoms with Crippen LogP contribution in [-0.2, 0) is 9.57 Å². The second kappa shape index (κ2) is 4.14. The summed E-state index contributed by atoms with van der Waals surface area (Å²) in [7, 11) is 0. The van der Waals surface area contributed by atoms with Crippen LogP contribution in [0.2, 0.25) is 0 Å². The minimum absolute atomic E-state index is 0.219. The van der Waals surface area contributed by atoms with E-state index in [4.69, 9.17) is 15.5 Å². The third-order valence-corrected chi connectivity index (χ3v) is 3.65. The zero-order valence-electron chi connectivity index (χ0n) is 10.9. The average Bonchev–Trinajstić information content (AvgIpc) is 2.84. The molecule has 0 aromatic carbocycles. The molecular formula is C12H22N2O3. The van der Waals surface area contributed by atoms with Crippen LogP contribution in [-0.4, -0.2) is 36.3 Å². The SMILES string of the molecule is CC(C)(C)OC(=O)N1CC(CON)C2(CC2)C1. The van der Waals surface area contributed by atoms with Crippen molar-refractivity contribution < 1.29 is 14.4 Å². The van der Waals surface area contributed by atoms with E-state index in [1.807, 2.05) is 20.8 Å². The normalized spacial score (nSPS) is 26.4. The Hall–Kier alpha value is -0.810. The maximum absolute atomic E-state index is 12.0. The maximum atomic E-state index is 12.0. The predicted molar refractivity (Wildman–Crippen MR) is 63.1 cm³/mol. The van der Waals surface area contributed by atoms with Crippen LogP contribution < -0.4 is 5.90 Å². The summed E-state index contributed by atoms with van der Waals surface area (Å²) >= 11 is 0. The van der Waals surface area contributed by atoms with Crippen LogP contribution in [0.3, 0.4) is 0 Å². The van der Waals surface area contributed by atoms with Gasteiger partial charge in [-0.15, -0.1) is 0 Å². The average molecular weight is 242 g/mol. The summed E-state index contributed by atoms with van der Waals surface area (Å²) in [5.41, 5.74) is -0.174. The Bertz CT molecular complexity index is 307. The predicted octanol–water partition coefficient (Wildman–Crippen LogP) is 1.52. The standard InChI is InChI=1S/C12H22N2O3/c1-11(2,3)17-10(15)14-6-9(7-16-13)12(8-14)4-5-12/h9H,4-8,13H2,1-3H3. The lowest BCUT2D eigenvalue weighted by Gasteiger charge is -2.24. The van der Waals surface area contributed by atoms with Gasteiger partial charge in [-0.25, -0.2) is 10.7 Å². The number of nitrogens with two attached hydrogens (primary N) is 1. The van der Waals surface area contributed by atoms with E-state index >= 15 is 0 Å². The van der Waals surface area contributed by atoms with Crippen LogP contribution in [0, 0.1) is 11.3 Å². The number of hydrogen-bond acceptors (Lipinski definition) is 4. The molecular weight excluding hydrogens is 220 g/mol. The van der Waals surface area contributed by atoms with Crippen molar-refractivity contribution in [3.63, 3.8) is 0 Å². The van der Waals surface area contributed by atoms with E-state index in [-0.39, 0.29) is 11.5 Å². The number of likely N-dealkylation sites (tertiary alicyclic amines) is 1. The van der Waals surface area contributed by atoms with Crippen molar-refractivity contribution in [3.8, 4) is 0 Å². The van der Waals surface area contributed by atoms with Gasteiger partial charge < -0.3 is 14.5 Å². The summed E-state index contributed by atoms with van der Waals surface area (Å²) in [5.74, 6) is 5.51. The second-order valence-corrected chi connectivity index (χ2v) is 6.25. The summed E-state index contributed by atoms with van der Waals surface area (Å²) in [6.45, 7) is 7.67. The zero-order valence-corrected chi connectivity index (χ0v) is 10.9. The summed E-state index contributed by atoms with van der Waals surface area (Å²) in [6.07, 6.45) is 2.11. The summed E-state index contributed by atoms with van der Waals surface area (Å²) in [6, 6.07) is 0. The number of ether oxygens (including phenoxy) is 1. The first kappa shape index (κ1) is 12.6. The Labute approximate surface area is 102 Å². The largest absolute Gasteiger partial charge is 0.444 e. The van der Waals surface area contributed by atoms with Crippen LogP contribution in [0.15, 0.2) is 0 Å². The van der Waals surface area contributed by atoms with Crippen LogP contribution >= 0.6 is 0 Å². The molecule has 17 heavy (non-hydrogen) atoms. The molecule has 0 radical (unpaired) electrons. The minimum atomic E-state index is -0.434. The van der Waals surface area contributed by atoms with E-state index in [1.165, 1.54) is 12.8 Å². The minimum Gasteiger partial charge on any atom is -0.444 e. The van der Waals surface area contributed by atoms with E-state index < -0.39 is 5.60 Å². The van der Waals surface area contributed by atoms with Gasteiger partial charge in [0.1, 0.15) is 5.60 Å². The lowest BCUT2D eigenvalue weighted by molar-refractivity contribution is 0.0273. The van der Waals surface area contributed by atoms with E-state index in [2.05, 4.69) is 0 Å². The van der Waals surface area contributed by atoms with Gasteiger partial charge >= 0.3 is 6.09 Å². The molecule has 1 amide bonds. The molecule has 0 bridgehead atoms. The van der Waals surface area contributed by atoms with Crippen molar-refractivity contribution in [1.29, 1.82) is 0 Å². The molecule has 2 fully saturated rings. The Morgan fingerprint density at radius 1 is 1.47 bits per heavy atom. The van der Waals surface area contributed by atoms with Gasteiger partial charge in [0.05, 0.1) is 6.61 Å². The first-order valence-electron chi connectivity index (χ1n) is 6.16. The fourth-order valence-electron chi connectivity index (χ4n) is 2.57. The van der Waals surface area contributed by atoms with Gasteiger partial charge in [-0.2, -0.15) is 0 Å². The highest BCUT2D eigenvalue weighted by Crippen LogP contribution is 2.56. The molecule has 0 aromatic rings. The third-order valence-electron chi connectivity index (χ3n) is 3.65.